The lowest BCUT2D eigenvalue weighted by atomic mass is 9.83. The second-order valence-electron chi connectivity index (χ2n) is 9.41. The molecule has 1 aliphatic carbocycles. The van der Waals surface area contributed by atoms with Gasteiger partial charge in [0.15, 0.2) is 0 Å². The summed E-state index contributed by atoms with van der Waals surface area (Å²) >= 11 is 0. The van der Waals surface area contributed by atoms with Gasteiger partial charge in [0, 0.05) is 43.8 Å². The molecule has 2 fully saturated rings. The summed E-state index contributed by atoms with van der Waals surface area (Å²) in [7, 11) is 0. The summed E-state index contributed by atoms with van der Waals surface area (Å²) in [6.45, 7) is 2.77. The molecule has 6 heteroatoms. The zero-order chi connectivity index (χ0) is 21.2. The van der Waals surface area contributed by atoms with Gasteiger partial charge in [0.1, 0.15) is 5.69 Å². The third-order valence-corrected chi connectivity index (χ3v) is 7.15. The summed E-state index contributed by atoms with van der Waals surface area (Å²) in [5, 5.41) is 6.57. The average molecular weight is 421 g/mol. The molecule has 1 saturated carbocycles. The van der Waals surface area contributed by atoms with Crippen molar-refractivity contribution >= 4 is 11.7 Å². The number of aromatic nitrogens is 1. The van der Waals surface area contributed by atoms with Crippen molar-refractivity contribution < 1.29 is 4.79 Å². The van der Waals surface area contributed by atoms with E-state index in [-0.39, 0.29) is 17.5 Å². The number of amides is 2. The lowest BCUT2D eigenvalue weighted by molar-refractivity contribution is 0.127. The molecule has 2 atom stereocenters. The number of carbonyl (C=O) groups is 1. The molecule has 0 radical (unpaired) electrons. The van der Waals surface area contributed by atoms with Crippen molar-refractivity contribution in [1.82, 2.24) is 14.8 Å². The van der Waals surface area contributed by atoms with Crippen LogP contribution in [0.1, 0.15) is 55.7 Å². The smallest absolute Gasteiger partial charge is 0.317 e. The summed E-state index contributed by atoms with van der Waals surface area (Å²) in [6, 6.07) is 14.5. The van der Waals surface area contributed by atoms with Crippen molar-refractivity contribution in [3.05, 3.63) is 64.1 Å². The predicted octanol–water partition coefficient (Wildman–Crippen LogP) is 3.92. The third-order valence-electron chi connectivity index (χ3n) is 7.15. The molecule has 1 saturated heterocycles. The number of piperidine rings is 1. The van der Waals surface area contributed by atoms with Crippen LogP contribution in [0.25, 0.3) is 0 Å². The Morgan fingerprint density at radius 2 is 1.77 bits per heavy atom. The molecule has 164 valence electrons. The van der Waals surface area contributed by atoms with E-state index in [1.807, 2.05) is 33.7 Å². The van der Waals surface area contributed by atoms with E-state index in [0.29, 0.717) is 37.3 Å². The van der Waals surface area contributed by atoms with E-state index in [1.54, 1.807) is 0 Å². The first-order chi connectivity index (χ1) is 15.2. The maximum atomic E-state index is 13.2. The molecule has 0 spiro atoms. The first kappa shape index (κ1) is 20.2. The number of fused-ring (bicyclic) bond motifs is 4. The minimum absolute atomic E-state index is 0.0586. The fraction of sp³-hybridized carbons (Fsp3) is 0.520. The second kappa shape index (κ2) is 8.77. The zero-order valence-corrected chi connectivity index (χ0v) is 18.1. The molecule has 2 aromatic rings. The lowest BCUT2D eigenvalue weighted by Gasteiger charge is -2.43. The fourth-order valence-corrected chi connectivity index (χ4v) is 5.55. The minimum Gasteiger partial charge on any atom is -0.377 e. The van der Waals surface area contributed by atoms with Crippen molar-refractivity contribution in [2.75, 3.05) is 18.4 Å². The van der Waals surface area contributed by atoms with Gasteiger partial charge in [-0.2, -0.15) is 0 Å². The molecule has 3 aliphatic rings. The van der Waals surface area contributed by atoms with Crippen LogP contribution in [0.5, 0.6) is 0 Å². The van der Waals surface area contributed by atoms with Crippen LogP contribution >= 0.6 is 0 Å². The van der Waals surface area contributed by atoms with Gasteiger partial charge >= 0.3 is 6.03 Å². The van der Waals surface area contributed by atoms with Gasteiger partial charge in [-0.05, 0) is 42.9 Å². The van der Waals surface area contributed by atoms with Crippen molar-refractivity contribution in [2.24, 2.45) is 5.92 Å². The number of anilines is 1. The molecule has 2 bridgehead atoms. The van der Waals surface area contributed by atoms with Crippen LogP contribution in [0.2, 0.25) is 0 Å². The molecule has 1 aromatic heterocycles. The molecule has 2 N–H and O–H groups in total. The van der Waals surface area contributed by atoms with Gasteiger partial charge < -0.3 is 20.1 Å². The van der Waals surface area contributed by atoms with Crippen LogP contribution in [0.4, 0.5) is 10.5 Å². The van der Waals surface area contributed by atoms with Gasteiger partial charge in [-0.3, -0.25) is 4.79 Å². The van der Waals surface area contributed by atoms with Gasteiger partial charge in [-0.1, -0.05) is 49.6 Å². The van der Waals surface area contributed by atoms with E-state index in [4.69, 9.17) is 0 Å². The third kappa shape index (κ3) is 4.34. The van der Waals surface area contributed by atoms with E-state index in [9.17, 15) is 9.59 Å². The molecule has 6 nitrogen and oxygen atoms in total. The summed E-state index contributed by atoms with van der Waals surface area (Å²) in [5.41, 5.74) is 2.94. The molecule has 5 rings (SSSR count). The largest absolute Gasteiger partial charge is 0.377 e. The van der Waals surface area contributed by atoms with Crippen LogP contribution in [0.3, 0.4) is 0 Å². The number of benzene rings is 1. The Labute approximate surface area is 183 Å². The first-order valence-electron chi connectivity index (χ1n) is 11.7. The Morgan fingerprint density at radius 1 is 0.968 bits per heavy atom. The normalized spacial score (nSPS) is 23.2. The zero-order valence-electron chi connectivity index (χ0n) is 18.1. The number of urea groups is 1. The van der Waals surface area contributed by atoms with Gasteiger partial charge in [-0.15, -0.1) is 0 Å². The highest BCUT2D eigenvalue weighted by Crippen LogP contribution is 2.35. The highest BCUT2D eigenvalue weighted by atomic mass is 16.2. The Kier molecular flexibility index (Phi) is 5.70. The first-order valence-corrected chi connectivity index (χ1v) is 11.7. The summed E-state index contributed by atoms with van der Waals surface area (Å²) in [5.74, 6) is 0.575. The van der Waals surface area contributed by atoms with Crippen LogP contribution in [0.15, 0.2) is 47.3 Å². The van der Waals surface area contributed by atoms with Crippen molar-refractivity contribution in [3.63, 3.8) is 0 Å². The van der Waals surface area contributed by atoms with E-state index in [1.165, 1.54) is 19.3 Å². The molecule has 0 unspecified atom stereocenters. The van der Waals surface area contributed by atoms with Crippen LogP contribution in [-0.2, 0) is 13.1 Å². The monoisotopic (exact) mass is 420 g/mol. The number of carbonyl (C=O) groups excluding carboxylic acids is 1. The van der Waals surface area contributed by atoms with Crippen molar-refractivity contribution in [3.8, 4) is 0 Å². The van der Waals surface area contributed by atoms with Gasteiger partial charge in [-0.25, -0.2) is 4.79 Å². The molecular weight excluding hydrogens is 388 g/mol. The topological polar surface area (TPSA) is 66.4 Å². The number of pyridine rings is 1. The quantitative estimate of drug-likeness (QED) is 0.788. The summed E-state index contributed by atoms with van der Waals surface area (Å²) in [6.07, 6.45) is 6.98. The standard InChI is InChI=1S/C25H32N4O2/c30-24-22(26-14-18-7-3-1-4-8-18)11-12-23-20-13-19(16-29(23)24)15-28(17-20)25(31)27-21-9-5-2-6-10-21/h1,3-4,7-8,11-12,19-21,26H,2,5-6,9-10,13-17H2,(H,27,31)/t19-,20+/m0/s1. The maximum Gasteiger partial charge on any atom is 0.317 e. The molecule has 3 heterocycles. The minimum atomic E-state index is 0.0586. The Hall–Kier alpha value is -2.76. The van der Waals surface area contributed by atoms with Gasteiger partial charge in [0.25, 0.3) is 5.56 Å². The lowest BCUT2D eigenvalue weighted by Crippen LogP contribution is -2.53. The predicted molar refractivity (Wildman–Crippen MR) is 122 cm³/mol. The fourth-order valence-electron chi connectivity index (χ4n) is 5.55. The van der Waals surface area contributed by atoms with Gasteiger partial charge in [0.2, 0.25) is 0 Å². The van der Waals surface area contributed by atoms with E-state index < -0.39 is 0 Å². The van der Waals surface area contributed by atoms with E-state index in [2.05, 4.69) is 28.8 Å². The van der Waals surface area contributed by atoms with Crippen LogP contribution < -0.4 is 16.2 Å². The summed E-state index contributed by atoms with van der Waals surface area (Å²) < 4.78 is 1.95. The molecular formula is C25H32N4O2. The number of likely N-dealkylation sites (tertiary alicyclic amines) is 1. The highest BCUT2D eigenvalue weighted by molar-refractivity contribution is 5.74. The number of rotatable bonds is 4. The average Bonchev–Trinajstić information content (AvgIpc) is 2.80. The number of nitrogens with one attached hydrogen (secondary N) is 2. The Bertz CT molecular complexity index is 981. The number of hydrogen-bond acceptors (Lipinski definition) is 3. The highest BCUT2D eigenvalue weighted by Gasteiger charge is 2.37. The van der Waals surface area contributed by atoms with Crippen LogP contribution in [-0.4, -0.2) is 34.6 Å². The number of hydrogen-bond donors (Lipinski definition) is 2. The molecule has 1 aromatic carbocycles. The van der Waals surface area contributed by atoms with E-state index in [0.717, 1.165) is 37.1 Å². The molecule has 31 heavy (non-hydrogen) atoms. The van der Waals surface area contributed by atoms with Crippen molar-refractivity contribution in [2.45, 2.75) is 63.6 Å². The Balaban J connectivity index is 1.28. The molecule has 2 aliphatic heterocycles. The second-order valence-corrected chi connectivity index (χ2v) is 9.41. The maximum absolute atomic E-state index is 13.2. The van der Waals surface area contributed by atoms with E-state index >= 15 is 0 Å². The Morgan fingerprint density at radius 3 is 2.58 bits per heavy atom. The van der Waals surface area contributed by atoms with Gasteiger partial charge in [0.05, 0.1) is 0 Å². The van der Waals surface area contributed by atoms with Crippen molar-refractivity contribution in [1.29, 1.82) is 0 Å². The SMILES string of the molecule is O=C(NC1CCCCC1)N1C[C@@H]2C[C@H](C1)c1ccc(NCc3ccccc3)c(=O)n1C2. The summed E-state index contributed by atoms with van der Waals surface area (Å²) in [4.78, 5) is 28.0. The number of nitrogens with zero attached hydrogens (tertiary/aromatic N) is 2. The molecule has 2 amide bonds. The van der Waals surface area contributed by atoms with Crippen LogP contribution in [0, 0.1) is 5.92 Å².